The summed E-state index contributed by atoms with van der Waals surface area (Å²) in [4.78, 5) is 34.7. The monoisotopic (exact) mass is 359 g/mol. The number of para-hydroxylation sites is 1. The maximum atomic E-state index is 12.1. The Hall–Kier alpha value is -2.86. The van der Waals surface area contributed by atoms with Gasteiger partial charge in [-0.15, -0.1) is 0 Å². The van der Waals surface area contributed by atoms with E-state index < -0.39 is 31.7 Å². The number of benzene rings is 1. The minimum Gasteiger partial charge on any atom is -0.535 e. The third kappa shape index (κ3) is 5.07. The van der Waals surface area contributed by atoms with Crippen molar-refractivity contribution in [1.29, 1.82) is 5.26 Å². The number of nitrogens with zero attached hydrogens (tertiary/aromatic N) is 1. The highest BCUT2D eigenvalue weighted by molar-refractivity contribution is 6.47. The molecule has 136 valence electrons. The standard InChI is InChI=1S/C17H18BNO7/c1-11(20)24-10-25-17(22)15-6-2-4-12-8-13(18(23)26-16(12)15)9-14(21)5-3-7-19/h2,4,6,13,23H,3,5,8-10H2,1H3/t13-/m1/s1. The van der Waals surface area contributed by atoms with Gasteiger partial charge in [0.1, 0.15) is 17.1 Å². The molecule has 0 spiro atoms. The molecule has 9 heteroatoms. The van der Waals surface area contributed by atoms with Crippen molar-refractivity contribution in [2.45, 2.75) is 38.4 Å². The van der Waals surface area contributed by atoms with Gasteiger partial charge in [0.25, 0.3) is 0 Å². The Kier molecular flexibility index (Phi) is 6.75. The summed E-state index contributed by atoms with van der Waals surface area (Å²) in [5.41, 5.74) is 0.762. The number of hydrogen-bond donors (Lipinski definition) is 1. The van der Waals surface area contributed by atoms with Gasteiger partial charge in [0.2, 0.25) is 6.79 Å². The fraction of sp³-hybridized carbons (Fsp3) is 0.412. The van der Waals surface area contributed by atoms with Crippen molar-refractivity contribution in [2.24, 2.45) is 0 Å². The predicted octanol–water partition coefficient (Wildman–Crippen LogP) is 1.41. The van der Waals surface area contributed by atoms with E-state index in [9.17, 15) is 19.4 Å². The summed E-state index contributed by atoms with van der Waals surface area (Å²) in [7, 11) is -1.25. The van der Waals surface area contributed by atoms with Crippen molar-refractivity contribution in [3.05, 3.63) is 29.3 Å². The number of carbonyl (C=O) groups is 3. The maximum absolute atomic E-state index is 12.1. The lowest BCUT2D eigenvalue weighted by Gasteiger charge is -2.28. The Morgan fingerprint density at radius 2 is 2.15 bits per heavy atom. The molecule has 1 aromatic rings. The Balaban J connectivity index is 2.08. The molecule has 0 aliphatic carbocycles. The summed E-state index contributed by atoms with van der Waals surface area (Å²) in [5, 5.41) is 18.7. The topological polar surface area (TPSA) is 123 Å². The molecule has 0 saturated heterocycles. The van der Waals surface area contributed by atoms with Crippen LogP contribution in [-0.4, -0.2) is 36.7 Å². The van der Waals surface area contributed by atoms with Gasteiger partial charge in [0, 0.05) is 32.0 Å². The lowest BCUT2D eigenvalue weighted by molar-refractivity contribution is -0.149. The first-order valence-corrected chi connectivity index (χ1v) is 8.08. The normalized spacial score (nSPS) is 15.3. The van der Waals surface area contributed by atoms with Gasteiger partial charge in [-0.25, -0.2) is 4.79 Å². The SMILES string of the molecule is CC(=O)OCOC(=O)c1cccc2c1OB(O)[C@@H](CC(=O)CCC#N)C2. The van der Waals surface area contributed by atoms with Crippen molar-refractivity contribution in [1.82, 2.24) is 0 Å². The van der Waals surface area contributed by atoms with E-state index in [1.165, 1.54) is 13.0 Å². The zero-order chi connectivity index (χ0) is 19.1. The van der Waals surface area contributed by atoms with Crippen LogP contribution in [0.5, 0.6) is 5.75 Å². The molecule has 8 nitrogen and oxygen atoms in total. The molecule has 0 amide bonds. The minimum atomic E-state index is -1.25. The van der Waals surface area contributed by atoms with Crippen LogP contribution < -0.4 is 4.65 Å². The van der Waals surface area contributed by atoms with E-state index in [2.05, 4.69) is 4.74 Å². The fourth-order valence-corrected chi connectivity index (χ4v) is 2.65. The van der Waals surface area contributed by atoms with Crippen LogP contribution in [0.15, 0.2) is 18.2 Å². The smallest absolute Gasteiger partial charge is 0.526 e. The van der Waals surface area contributed by atoms with Crippen molar-refractivity contribution in [2.75, 3.05) is 6.79 Å². The molecule has 0 saturated carbocycles. The number of ether oxygens (including phenoxy) is 2. The van der Waals surface area contributed by atoms with Gasteiger partial charge in [-0.05, 0) is 18.1 Å². The second kappa shape index (κ2) is 9.01. The van der Waals surface area contributed by atoms with Crippen LogP contribution in [-0.2, 0) is 25.5 Å². The minimum absolute atomic E-state index is 0.0867. The third-order valence-electron chi connectivity index (χ3n) is 3.90. The zero-order valence-corrected chi connectivity index (χ0v) is 14.3. The number of nitriles is 1. The summed E-state index contributed by atoms with van der Waals surface area (Å²) >= 11 is 0. The number of Topliss-reactive ketones (excluding diaryl/α,β-unsaturated/α-hetero) is 1. The largest absolute Gasteiger partial charge is 0.535 e. The highest BCUT2D eigenvalue weighted by Gasteiger charge is 2.37. The molecule has 1 heterocycles. The molecule has 1 aromatic carbocycles. The van der Waals surface area contributed by atoms with Gasteiger partial charge < -0.3 is 19.2 Å². The summed E-state index contributed by atoms with van der Waals surface area (Å²) in [6.45, 7) is 0.673. The van der Waals surface area contributed by atoms with E-state index in [-0.39, 0.29) is 36.4 Å². The Morgan fingerprint density at radius 1 is 1.38 bits per heavy atom. The number of hydrogen-bond acceptors (Lipinski definition) is 8. The number of rotatable bonds is 7. The van der Waals surface area contributed by atoms with Crippen LogP contribution in [0, 0.1) is 11.3 Å². The number of esters is 2. The Labute approximate surface area is 150 Å². The van der Waals surface area contributed by atoms with Crippen LogP contribution in [0.2, 0.25) is 5.82 Å². The first kappa shape index (κ1) is 19.5. The van der Waals surface area contributed by atoms with Crippen LogP contribution in [0.3, 0.4) is 0 Å². The first-order chi connectivity index (χ1) is 12.4. The Morgan fingerprint density at radius 3 is 2.85 bits per heavy atom. The highest BCUT2D eigenvalue weighted by Crippen LogP contribution is 2.36. The second-order valence-electron chi connectivity index (χ2n) is 5.85. The van der Waals surface area contributed by atoms with Crippen molar-refractivity contribution in [3.8, 4) is 11.8 Å². The molecule has 0 bridgehead atoms. The molecule has 0 radical (unpaired) electrons. The number of fused-ring (bicyclic) bond motifs is 1. The fourth-order valence-electron chi connectivity index (χ4n) is 2.65. The maximum Gasteiger partial charge on any atom is 0.526 e. The average Bonchev–Trinajstić information content (AvgIpc) is 2.59. The molecule has 26 heavy (non-hydrogen) atoms. The van der Waals surface area contributed by atoms with Crippen molar-refractivity contribution < 1.29 is 33.5 Å². The summed E-state index contributed by atoms with van der Waals surface area (Å²) < 4.78 is 14.9. The predicted molar refractivity (Wildman–Crippen MR) is 89.0 cm³/mol. The lowest BCUT2D eigenvalue weighted by Crippen LogP contribution is -2.36. The third-order valence-corrected chi connectivity index (χ3v) is 3.90. The van der Waals surface area contributed by atoms with Gasteiger partial charge in [-0.3, -0.25) is 9.59 Å². The summed E-state index contributed by atoms with van der Waals surface area (Å²) in [5.74, 6) is -1.73. The molecule has 1 aliphatic rings. The highest BCUT2D eigenvalue weighted by atomic mass is 16.7. The van der Waals surface area contributed by atoms with Gasteiger partial charge in [0.15, 0.2) is 0 Å². The van der Waals surface area contributed by atoms with E-state index in [1.54, 1.807) is 12.1 Å². The first-order valence-electron chi connectivity index (χ1n) is 8.08. The van der Waals surface area contributed by atoms with E-state index in [0.29, 0.717) is 12.0 Å². The van der Waals surface area contributed by atoms with Gasteiger partial charge >= 0.3 is 19.1 Å². The van der Waals surface area contributed by atoms with E-state index in [1.807, 2.05) is 6.07 Å². The number of ketones is 1. The van der Waals surface area contributed by atoms with Crippen LogP contribution in [0.4, 0.5) is 0 Å². The zero-order valence-electron chi connectivity index (χ0n) is 14.3. The molecular formula is C17H18BNO7. The van der Waals surface area contributed by atoms with Crippen LogP contribution >= 0.6 is 0 Å². The van der Waals surface area contributed by atoms with Gasteiger partial charge in [0.05, 0.1) is 6.07 Å². The van der Waals surface area contributed by atoms with Crippen LogP contribution in [0.1, 0.15) is 42.1 Å². The molecule has 0 fully saturated rings. The van der Waals surface area contributed by atoms with E-state index in [4.69, 9.17) is 14.7 Å². The molecule has 1 aliphatic heterocycles. The molecule has 1 N–H and O–H groups in total. The molecule has 0 unspecified atom stereocenters. The lowest BCUT2D eigenvalue weighted by atomic mass is 9.64. The summed E-state index contributed by atoms with van der Waals surface area (Å²) in [6.07, 6.45) is 0.704. The Bertz CT molecular complexity index is 743. The van der Waals surface area contributed by atoms with Gasteiger partial charge in [-0.2, -0.15) is 5.26 Å². The molecular weight excluding hydrogens is 341 g/mol. The van der Waals surface area contributed by atoms with Crippen molar-refractivity contribution >= 4 is 24.8 Å². The molecule has 2 rings (SSSR count). The molecule has 1 atom stereocenters. The summed E-state index contributed by atoms with van der Waals surface area (Å²) in [6, 6.07) is 6.75. The quantitative estimate of drug-likeness (QED) is 0.440. The average molecular weight is 359 g/mol. The van der Waals surface area contributed by atoms with Crippen LogP contribution in [0.25, 0.3) is 0 Å². The molecule has 0 aromatic heterocycles. The van der Waals surface area contributed by atoms with E-state index >= 15 is 0 Å². The van der Waals surface area contributed by atoms with Crippen molar-refractivity contribution in [3.63, 3.8) is 0 Å². The van der Waals surface area contributed by atoms with Gasteiger partial charge in [-0.1, -0.05) is 12.1 Å². The number of carbonyl (C=O) groups excluding carboxylic acids is 3. The van der Waals surface area contributed by atoms with E-state index in [0.717, 1.165) is 0 Å². The second-order valence-corrected chi connectivity index (χ2v) is 5.85.